The second-order valence-corrected chi connectivity index (χ2v) is 7.54. The Morgan fingerprint density at radius 1 is 1.20 bits per heavy atom. The van der Waals surface area contributed by atoms with Crippen LogP contribution in [0.25, 0.3) is 0 Å². The van der Waals surface area contributed by atoms with Gasteiger partial charge in [0, 0.05) is 24.5 Å². The molecule has 2 aromatic heterocycles. The van der Waals surface area contributed by atoms with Crippen molar-refractivity contribution >= 4 is 11.6 Å². The third-order valence-electron chi connectivity index (χ3n) is 4.73. The summed E-state index contributed by atoms with van der Waals surface area (Å²) < 4.78 is 12.5. The molecule has 30 heavy (non-hydrogen) atoms. The maximum Gasteiger partial charge on any atom is 0.263 e. The molecule has 7 heteroatoms. The molecule has 0 aliphatic heterocycles. The summed E-state index contributed by atoms with van der Waals surface area (Å²) in [6, 6.07) is 12.4. The molecule has 0 spiro atoms. The summed E-state index contributed by atoms with van der Waals surface area (Å²) in [7, 11) is 3.90. The molecule has 0 aliphatic carbocycles. The fraction of sp³-hybridized carbons (Fsp3) is 0.304. The number of nitrogens with one attached hydrogen (secondary N) is 1. The predicted molar refractivity (Wildman–Crippen MR) is 116 cm³/mol. The van der Waals surface area contributed by atoms with E-state index in [1.54, 1.807) is 60.3 Å². The number of aromatic nitrogens is 1. The number of likely N-dealkylation sites (N-methyl/N-ethyl adjacent to an activating group) is 1. The fourth-order valence-electron chi connectivity index (χ4n) is 3.26. The molecule has 0 fully saturated rings. The van der Waals surface area contributed by atoms with Gasteiger partial charge in [-0.2, -0.15) is 0 Å². The number of carbonyl (C=O) groups is 1. The van der Waals surface area contributed by atoms with Crippen molar-refractivity contribution in [2.75, 3.05) is 26.0 Å². The molecule has 1 N–H and O–H groups in total. The van der Waals surface area contributed by atoms with Gasteiger partial charge in [-0.05, 0) is 76.0 Å². The summed E-state index contributed by atoms with van der Waals surface area (Å²) >= 11 is 0. The Balaban J connectivity index is 1.71. The van der Waals surface area contributed by atoms with Crippen LogP contribution in [0.4, 0.5) is 5.69 Å². The molecule has 158 valence electrons. The van der Waals surface area contributed by atoms with Crippen LogP contribution in [0.1, 0.15) is 34.6 Å². The number of anilines is 1. The number of ether oxygens (including phenoxy) is 1. The average molecular weight is 409 g/mol. The van der Waals surface area contributed by atoms with Crippen molar-refractivity contribution in [1.29, 1.82) is 0 Å². The molecule has 0 aliphatic rings. The number of pyridine rings is 1. The van der Waals surface area contributed by atoms with E-state index in [2.05, 4.69) is 5.32 Å². The highest BCUT2D eigenvalue weighted by atomic mass is 16.5. The number of benzene rings is 1. The number of hydrogen-bond acceptors (Lipinski definition) is 5. The number of furan rings is 1. The van der Waals surface area contributed by atoms with Gasteiger partial charge >= 0.3 is 0 Å². The van der Waals surface area contributed by atoms with E-state index < -0.39 is 5.91 Å². The lowest BCUT2D eigenvalue weighted by Gasteiger charge is -2.20. The minimum atomic E-state index is -0.423. The predicted octanol–water partition coefficient (Wildman–Crippen LogP) is 3.70. The van der Waals surface area contributed by atoms with Crippen molar-refractivity contribution in [2.45, 2.75) is 26.5 Å². The van der Waals surface area contributed by atoms with Crippen LogP contribution in [-0.2, 0) is 6.61 Å². The molecule has 1 unspecified atom stereocenters. The van der Waals surface area contributed by atoms with Gasteiger partial charge in [-0.15, -0.1) is 0 Å². The van der Waals surface area contributed by atoms with Gasteiger partial charge < -0.3 is 23.9 Å². The van der Waals surface area contributed by atoms with Crippen molar-refractivity contribution in [1.82, 2.24) is 9.47 Å². The van der Waals surface area contributed by atoms with Crippen molar-refractivity contribution in [3.8, 4) is 5.75 Å². The molecule has 2 heterocycles. The molecule has 0 saturated carbocycles. The first kappa shape index (κ1) is 21.4. The molecule has 0 saturated heterocycles. The number of amides is 1. The standard InChI is InChI=1S/C23H27N3O4/c1-16-11-12-26(17(2)14-25(3)4)23(28)21(16)22(27)24-18-7-9-19(10-8-18)30-15-20-6-5-13-29-20/h5-13,17H,14-15H2,1-4H3,(H,24,27). The Bertz CT molecular complexity index is 1040. The fourth-order valence-corrected chi connectivity index (χ4v) is 3.26. The average Bonchev–Trinajstić information content (AvgIpc) is 3.20. The van der Waals surface area contributed by atoms with Crippen LogP contribution in [0, 0.1) is 6.92 Å². The van der Waals surface area contributed by atoms with Crippen molar-refractivity contribution in [3.05, 3.63) is 82.2 Å². The Labute approximate surface area is 175 Å². The van der Waals surface area contributed by atoms with Crippen LogP contribution >= 0.6 is 0 Å². The van der Waals surface area contributed by atoms with Crippen molar-refractivity contribution in [3.63, 3.8) is 0 Å². The Kier molecular flexibility index (Phi) is 6.74. The quantitative estimate of drug-likeness (QED) is 0.614. The zero-order valence-corrected chi connectivity index (χ0v) is 17.7. The van der Waals surface area contributed by atoms with E-state index >= 15 is 0 Å². The van der Waals surface area contributed by atoms with Gasteiger partial charge in [-0.25, -0.2) is 0 Å². The highest BCUT2D eigenvalue weighted by Gasteiger charge is 2.18. The second kappa shape index (κ2) is 9.45. The number of rotatable bonds is 8. The summed E-state index contributed by atoms with van der Waals surface area (Å²) in [5.41, 5.74) is 1.09. The first-order chi connectivity index (χ1) is 14.3. The minimum absolute atomic E-state index is 0.0507. The largest absolute Gasteiger partial charge is 0.486 e. The molecular weight excluding hydrogens is 382 g/mol. The summed E-state index contributed by atoms with van der Waals surface area (Å²) in [6.07, 6.45) is 3.34. The zero-order chi connectivity index (χ0) is 21.7. The summed E-state index contributed by atoms with van der Waals surface area (Å²) in [5, 5.41) is 2.81. The molecule has 1 amide bonds. The maximum atomic E-state index is 13.0. The topological polar surface area (TPSA) is 76.7 Å². The summed E-state index contributed by atoms with van der Waals surface area (Å²) in [6.45, 7) is 4.75. The minimum Gasteiger partial charge on any atom is -0.486 e. The number of hydrogen-bond donors (Lipinski definition) is 1. The zero-order valence-electron chi connectivity index (χ0n) is 17.7. The van der Waals surface area contributed by atoms with Gasteiger partial charge in [0.05, 0.1) is 6.26 Å². The summed E-state index contributed by atoms with van der Waals surface area (Å²) in [5.74, 6) is 0.958. The van der Waals surface area contributed by atoms with Crippen LogP contribution in [-0.4, -0.2) is 36.0 Å². The normalized spacial score (nSPS) is 12.0. The lowest BCUT2D eigenvalue weighted by Crippen LogP contribution is -2.34. The first-order valence-electron chi connectivity index (χ1n) is 9.78. The van der Waals surface area contributed by atoms with Crippen molar-refractivity contribution < 1.29 is 13.9 Å². The van der Waals surface area contributed by atoms with E-state index in [1.807, 2.05) is 32.0 Å². The SMILES string of the molecule is Cc1ccn(C(C)CN(C)C)c(=O)c1C(=O)Nc1ccc(OCc2ccco2)cc1. The van der Waals surface area contributed by atoms with Crippen LogP contribution in [0.3, 0.4) is 0 Å². The first-order valence-corrected chi connectivity index (χ1v) is 9.78. The molecule has 3 rings (SSSR count). The van der Waals surface area contributed by atoms with Gasteiger partial charge in [0.1, 0.15) is 23.7 Å². The van der Waals surface area contributed by atoms with E-state index in [9.17, 15) is 9.59 Å². The van der Waals surface area contributed by atoms with E-state index in [4.69, 9.17) is 9.15 Å². The van der Waals surface area contributed by atoms with E-state index in [0.29, 0.717) is 30.2 Å². The van der Waals surface area contributed by atoms with Gasteiger partial charge in [0.15, 0.2) is 0 Å². The molecule has 0 bridgehead atoms. The highest BCUT2D eigenvalue weighted by Crippen LogP contribution is 2.18. The molecular formula is C23H27N3O4. The second-order valence-electron chi connectivity index (χ2n) is 7.54. The van der Waals surface area contributed by atoms with Crippen LogP contribution in [0.15, 0.2) is 64.1 Å². The third kappa shape index (κ3) is 5.18. The van der Waals surface area contributed by atoms with E-state index in [1.165, 1.54) is 0 Å². The van der Waals surface area contributed by atoms with Gasteiger partial charge in [-0.3, -0.25) is 9.59 Å². The number of aryl methyl sites for hydroxylation is 1. The lowest BCUT2D eigenvalue weighted by molar-refractivity contribution is 0.102. The highest BCUT2D eigenvalue weighted by molar-refractivity contribution is 6.05. The Morgan fingerprint density at radius 2 is 1.93 bits per heavy atom. The van der Waals surface area contributed by atoms with Crippen LogP contribution in [0.5, 0.6) is 5.75 Å². The molecule has 1 aromatic carbocycles. The molecule has 7 nitrogen and oxygen atoms in total. The van der Waals surface area contributed by atoms with E-state index in [-0.39, 0.29) is 17.2 Å². The van der Waals surface area contributed by atoms with Crippen LogP contribution < -0.4 is 15.6 Å². The van der Waals surface area contributed by atoms with Crippen molar-refractivity contribution in [2.24, 2.45) is 0 Å². The monoisotopic (exact) mass is 409 g/mol. The molecule has 0 radical (unpaired) electrons. The van der Waals surface area contributed by atoms with E-state index in [0.717, 1.165) is 5.76 Å². The smallest absolute Gasteiger partial charge is 0.263 e. The Hall–Kier alpha value is -3.32. The van der Waals surface area contributed by atoms with Gasteiger partial charge in [0.2, 0.25) is 0 Å². The maximum absolute atomic E-state index is 13.0. The van der Waals surface area contributed by atoms with Gasteiger partial charge in [0.25, 0.3) is 11.5 Å². The molecule has 3 aromatic rings. The molecule has 1 atom stereocenters. The lowest BCUT2D eigenvalue weighted by atomic mass is 10.1. The van der Waals surface area contributed by atoms with Gasteiger partial charge in [-0.1, -0.05) is 0 Å². The summed E-state index contributed by atoms with van der Waals surface area (Å²) in [4.78, 5) is 27.8. The van der Waals surface area contributed by atoms with Crippen LogP contribution in [0.2, 0.25) is 0 Å². The number of carbonyl (C=O) groups excluding carboxylic acids is 1. The number of nitrogens with zero attached hydrogens (tertiary/aromatic N) is 2. The third-order valence-corrected chi connectivity index (χ3v) is 4.73. The Morgan fingerprint density at radius 3 is 2.57 bits per heavy atom.